The molecule has 170 valence electrons. The van der Waals surface area contributed by atoms with Gasteiger partial charge in [0, 0.05) is 25.0 Å². The van der Waals surface area contributed by atoms with Crippen molar-refractivity contribution < 1.29 is 9.59 Å². The number of aliphatic imine (C=N–C) groups is 1. The van der Waals surface area contributed by atoms with Crippen molar-refractivity contribution in [2.24, 2.45) is 4.99 Å². The van der Waals surface area contributed by atoms with Crippen molar-refractivity contribution in [1.29, 1.82) is 0 Å². The minimum atomic E-state index is -0.608. The Bertz CT molecular complexity index is 1300. The second-order valence-corrected chi connectivity index (χ2v) is 9.09. The molecule has 2 aliphatic heterocycles. The summed E-state index contributed by atoms with van der Waals surface area (Å²) >= 11 is 1.89. The molecule has 0 atom stereocenters. The van der Waals surface area contributed by atoms with E-state index in [1.165, 1.54) is 0 Å². The summed E-state index contributed by atoms with van der Waals surface area (Å²) in [4.78, 5) is 39.5. The fourth-order valence-electron chi connectivity index (χ4n) is 4.13. The number of halogens is 1. The van der Waals surface area contributed by atoms with Gasteiger partial charge in [-0.05, 0) is 41.5 Å². The summed E-state index contributed by atoms with van der Waals surface area (Å²) in [6.07, 6.45) is 1.39. The molecule has 12 nitrogen and oxygen atoms in total. The zero-order valence-electron chi connectivity index (χ0n) is 17.4. The van der Waals surface area contributed by atoms with Crippen LogP contribution in [0.3, 0.4) is 0 Å². The average molecular weight is 560 g/mol. The van der Waals surface area contributed by atoms with E-state index >= 15 is 0 Å². The second-order valence-electron chi connectivity index (χ2n) is 8.07. The van der Waals surface area contributed by atoms with Crippen LogP contribution in [0.2, 0.25) is 0 Å². The molecular weight excluding hydrogens is 539 g/mol. The zero-order chi connectivity index (χ0) is 23.2. The molecule has 2 amide bonds. The number of nitrogen functional groups attached to an aromatic ring is 2. The van der Waals surface area contributed by atoms with E-state index < -0.39 is 5.91 Å². The molecule has 33 heavy (non-hydrogen) atoms. The van der Waals surface area contributed by atoms with E-state index in [0.29, 0.717) is 47.8 Å². The first-order chi connectivity index (χ1) is 15.8. The molecule has 7 N–H and O–H groups in total. The third-order valence-electron chi connectivity index (χ3n) is 5.98. The number of carbonyl (C=O) groups excluding carboxylic acids is 2. The Balaban J connectivity index is 1.25. The third-order valence-corrected chi connectivity index (χ3v) is 6.77. The highest BCUT2D eigenvalue weighted by Crippen LogP contribution is 2.27. The lowest BCUT2D eigenvalue weighted by molar-refractivity contribution is 0.0665. The summed E-state index contributed by atoms with van der Waals surface area (Å²) in [7, 11) is 0. The Morgan fingerprint density at radius 1 is 1.09 bits per heavy atom. The van der Waals surface area contributed by atoms with E-state index in [-0.39, 0.29) is 28.8 Å². The van der Waals surface area contributed by atoms with Gasteiger partial charge in [0.15, 0.2) is 29.0 Å². The predicted octanol–water partition coefficient (Wildman–Crippen LogP) is 0.486. The number of fused-ring (bicyclic) bond motifs is 1. The number of H-pyrrole nitrogens is 1. The second kappa shape index (κ2) is 8.13. The molecule has 0 unspecified atom stereocenters. The van der Waals surface area contributed by atoms with Gasteiger partial charge in [0.25, 0.3) is 5.91 Å². The summed E-state index contributed by atoms with van der Waals surface area (Å²) in [5.74, 6) is -0.247. The van der Waals surface area contributed by atoms with Crippen molar-refractivity contribution in [3.63, 3.8) is 0 Å². The number of hydrogen-bond acceptors (Lipinski definition) is 7. The number of benzene rings is 1. The lowest BCUT2D eigenvalue weighted by atomic mass is 9.88. The quantitative estimate of drug-likeness (QED) is 0.279. The first kappa shape index (κ1) is 21.4. The molecule has 0 radical (unpaired) electrons. The predicted molar refractivity (Wildman–Crippen MR) is 130 cm³/mol. The van der Waals surface area contributed by atoms with E-state index in [4.69, 9.17) is 11.5 Å². The van der Waals surface area contributed by atoms with Crippen LogP contribution >= 0.6 is 22.6 Å². The molecule has 3 aromatic rings. The Kier molecular flexibility index (Phi) is 5.26. The molecule has 13 heteroatoms. The topological polar surface area (TPSA) is 180 Å². The van der Waals surface area contributed by atoms with Crippen LogP contribution < -0.4 is 22.1 Å². The number of aromatic nitrogens is 4. The number of piperidine rings is 1. The third kappa shape index (κ3) is 3.92. The number of aromatic amines is 1. The molecule has 1 aromatic carbocycles. The minimum Gasteiger partial charge on any atom is -0.382 e. The molecule has 2 fully saturated rings. The van der Waals surface area contributed by atoms with E-state index in [1.807, 2.05) is 51.8 Å². The zero-order valence-corrected chi connectivity index (χ0v) is 19.6. The monoisotopic (exact) mass is 560 g/mol. The molecule has 2 aliphatic rings. The number of para-hydroxylation sites is 1. The van der Waals surface area contributed by atoms with Crippen LogP contribution in [0.25, 0.3) is 10.9 Å². The van der Waals surface area contributed by atoms with Crippen molar-refractivity contribution in [2.45, 2.75) is 18.4 Å². The number of amides is 2. The Labute approximate surface area is 201 Å². The van der Waals surface area contributed by atoms with Crippen LogP contribution in [0, 0.1) is 3.70 Å². The highest BCUT2D eigenvalue weighted by atomic mass is 127. The number of nitrogens with zero attached hydrogens (tertiary/aromatic N) is 5. The van der Waals surface area contributed by atoms with Gasteiger partial charge in [-0.1, -0.05) is 18.2 Å². The van der Waals surface area contributed by atoms with Crippen LogP contribution in [0.15, 0.2) is 29.3 Å². The Hall–Kier alpha value is -3.49. The van der Waals surface area contributed by atoms with Gasteiger partial charge >= 0.3 is 5.91 Å². The molecule has 0 aliphatic carbocycles. The maximum atomic E-state index is 13.0. The minimum absolute atomic E-state index is 0.0442. The van der Waals surface area contributed by atoms with Crippen molar-refractivity contribution >= 4 is 62.9 Å². The van der Waals surface area contributed by atoms with Gasteiger partial charge in [0.1, 0.15) is 3.70 Å². The van der Waals surface area contributed by atoms with Gasteiger partial charge in [-0.15, -0.1) is 0 Å². The van der Waals surface area contributed by atoms with Crippen molar-refractivity contribution in [2.75, 3.05) is 31.1 Å². The molecule has 1 spiro atoms. The molecule has 0 bridgehead atoms. The number of guanidine groups is 1. The van der Waals surface area contributed by atoms with Crippen LogP contribution in [0.5, 0.6) is 0 Å². The van der Waals surface area contributed by atoms with Gasteiger partial charge in [-0.2, -0.15) is 10.1 Å². The fourth-order valence-corrected chi connectivity index (χ4v) is 4.49. The number of hydrogen-bond donors (Lipinski definition) is 5. The lowest BCUT2D eigenvalue weighted by Crippen LogP contribution is -2.53. The molecule has 4 heterocycles. The molecule has 0 saturated carbocycles. The maximum Gasteiger partial charge on any atom is 0.302 e. The molecule has 5 rings (SSSR count). The van der Waals surface area contributed by atoms with Gasteiger partial charge in [0.2, 0.25) is 0 Å². The van der Waals surface area contributed by atoms with Gasteiger partial charge in [-0.3, -0.25) is 14.7 Å². The average Bonchev–Trinajstić information content (AvgIpc) is 3.40. The Morgan fingerprint density at radius 2 is 1.85 bits per heavy atom. The van der Waals surface area contributed by atoms with E-state index in [1.54, 1.807) is 0 Å². The highest BCUT2D eigenvalue weighted by molar-refractivity contribution is 14.1. The number of nitrogens with one attached hydrogen (secondary N) is 3. The van der Waals surface area contributed by atoms with Crippen LogP contribution in [0.4, 0.5) is 11.6 Å². The Morgan fingerprint density at radius 3 is 2.64 bits per heavy atom. The standard InChI is InChI=1S/C20H21IN10O2/c21-14-16(23)26-15(22)13(25-14)17(32)27-19-24-9-20(28-19)5-7-31(8-6-20)18(33)12-10-3-1-2-4-11(10)29-30-12/h1-4H,5-9H2,(H,29,30)(H4,22,23,26)(H2,24,27,28,32). The maximum absolute atomic E-state index is 13.0. The van der Waals surface area contributed by atoms with Crippen molar-refractivity contribution in [3.8, 4) is 0 Å². The van der Waals surface area contributed by atoms with E-state index in [9.17, 15) is 9.59 Å². The number of anilines is 2. The van der Waals surface area contributed by atoms with Crippen LogP contribution in [-0.4, -0.2) is 68.0 Å². The number of likely N-dealkylation sites (tertiary alicyclic amines) is 1. The van der Waals surface area contributed by atoms with Crippen molar-refractivity contribution in [1.82, 2.24) is 35.7 Å². The van der Waals surface area contributed by atoms with E-state index in [0.717, 1.165) is 10.9 Å². The summed E-state index contributed by atoms with van der Waals surface area (Å²) in [6.45, 7) is 1.71. The summed E-state index contributed by atoms with van der Waals surface area (Å²) in [5, 5.41) is 14.4. The largest absolute Gasteiger partial charge is 0.382 e. The smallest absolute Gasteiger partial charge is 0.302 e. The van der Waals surface area contributed by atoms with Crippen LogP contribution in [0.1, 0.15) is 33.8 Å². The number of nitrogens with two attached hydrogens (primary N) is 2. The number of rotatable bonds is 2. The number of carbonyl (C=O) groups is 2. The summed E-state index contributed by atoms with van der Waals surface area (Å²) in [6, 6.07) is 7.57. The van der Waals surface area contributed by atoms with Gasteiger partial charge in [0.05, 0.1) is 11.1 Å². The van der Waals surface area contributed by atoms with Gasteiger partial charge in [-0.25, -0.2) is 9.97 Å². The fraction of sp³-hybridized carbons (Fsp3) is 0.300. The SMILES string of the molecule is Nc1nc(N)c(C(=O)/N=C2\NCC3(CCN(C(=O)c4n[nH]c5ccccc45)CC3)N2)nc1I. The molecular formula is C20H21IN10O2. The van der Waals surface area contributed by atoms with Gasteiger partial charge < -0.3 is 27.0 Å². The summed E-state index contributed by atoms with van der Waals surface area (Å²) in [5.41, 5.74) is 12.4. The first-order valence-corrected chi connectivity index (χ1v) is 11.4. The highest BCUT2D eigenvalue weighted by Gasteiger charge is 2.41. The lowest BCUT2D eigenvalue weighted by Gasteiger charge is -2.38. The normalized spacial score (nSPS) is 18.5. The summed E-state index contributed by atoms with van der Waals surface area (Å²) < 4.78 is 0.385. The first-order valence-electron chi connectivity index (χ1n) is 10.3. The van der Waals surface area contributed by atoms with E-state index in [2.05, 4.69) is 35.8 Å². The van der Waals surface area contributed by atoms with Crippen molar-refractivity contribution in [3.05, 3.63) is 39.4 Å². The molecule has 2 saturated heterocycles. The van der Waals surface area contributed by atoms with Crippen LogP contribution in [-0.2, 0) is 0 Å². The molecule has 2 aromatic heterocycles.